The van der Waals surface area contributed by atoms with Gasteiger partial charge in [-0.2, -0.15) is 0 Å². The van der Waals surface area contributed by atoms with Gasteiger partial charge in [-0.15, -0.1) is 0 Å². The minimum Gasteiger partial charge on any atom is -0.493 e. The molecule has 4 nitrogen and oxygen atoms in total. The molecule has 2 heterocycles. The standard InChI is InChI=1S/C23H22N2O2/c1-15-19-9-16(17-11-24-14-25-12-17)5-7-21(19)27-22-8-6-18(10-20(15)22)26-13-23(2,3)4/h5-12,14H,1,13H2,2-4H3. The van der Waals surface area contributed by atoms with E-state index < -0.39 is 0 Å². The normalized spacial score (nSPS) is 12.8. The Kier molecular flexibility index (Phi) is 4.19. The summed E-state index contributed by atoms with van der Waals surface area (Å²) in [6, 6.07) is 11.9. The van der Waals surface area contributed by atoms with Crippen molar-refractivity contribution >= 4 is 5.57 Å². The van der Waals surface area contributed by atoms with Crippen LogP contribution < -0.4 is 9.47 Å². The van der Waals surface area contributed by atoms with Gasteiger partial charge in [0.15, 0.2) is 0 Å². The highest BCUT2D eigenvalue weighted by Crippen LogP contribution is 2.45. The Morgan fingerprint density at radius 2 is 1.59 bits per heavy atom. The van der Waals surface area contributed by atoms with Crippen LogP contribution in [0, 0.1) is 5.41 Å². The highest BCUT2D eigenvalue weighted by molar-refractivity contribution is 5.88. The number of ether oxygens (including phenoxy) is 2. The van der Waals surface area contributed by atoms with Gasteiger partial charge in [0.25, 0.3) is 0 Å². The van der Waals surface area contributed by atoms with Crippen LogP contribution in [-0.4, -0.2) is 16.6 Å². The third-order valence-electron chi connectivity index (χ3n) is 4.37. The lowest BCUT2D eigenvalue weighted by molar-refractivity contribution is 0.197. The van der Waals surface area contributed by atoms with Crippen molar-refractivity contribution in [2.75, 3.05) is 6.61 Å². The molecule has 2 aromatic carbocycles. The molecular weight excluding hydrogens is 336 g/mol. The summed E-state index contributed by atoms with van der Waals surface area (Å²) < 4.78 is 12.0. The van der Waals surface area contributed by atoms with Crippen LogP contribution in [0.1, 0.15) is 31.9 Å². The fourth-order valence-corrected chi connectivity index (χ4v) is 2.97. The second-order valence-corrected chi connectivity index (χ2v) is 7.93. The summed E-state index contributed by atoms with van der Waals surface area (Å²) in [6.07, 6.45) is 5.13. The first-order valence-electron chi connectivity index (χ1n) is 8.94. The lowest BCUT2D eigenvalue weighted by atomic mass is 9.93. The van der Waals surface area contributed by atoms with Crippen LogP contribution in [0.4, 0.5) is 0 Å². The lowest BCUT2D eigenvalue weighted by Gasteiger charge is -2.24. The first kappa shape index (κ1) is 17.3. The fourth-order valence-electron chi connectivity index (χ4n) is 2.97. The third kappa shape index (κ3) is 3.56. The van der Waals surface area contributed by atoms with Crippen LogP contribution in [0.3, 0.4) is 0 Å². The topological polar surface area (TPSA) is 44.2 Å². The predicted octanol–water partition coefficient (Wildman–Crippen LogP) is 5.74. The molecule has 1 aromatic heterocycles. The van der Waals surface area contributed by atoms with E-state index in [1.54, 1.807) is 12.4 Å². The second-order valence-electron chi connectivity index (χ2n) is 7.93. The molecule has 136 valence electrons. The Morgan fingerprint density at radius 1 is 0.926 bits per heavy atom. The van der Waals surface area contributed by atoms with E-state index in [1.165, 1.54) is 6.33 Å². The zero-order valence-electron chi connectivity index (χ0n) is 15.8. The molecule has 0 atom stereocenters. The summed E-state index contributed by atoms with van der Waals surface area (Å²) in [6.45, 7) is 11.4. The van der Waals surface area contributed by atoms with Gasteiger partial charge in [0.2, 0.25) is 0 Å². The highest BCUT2D eigenvalue weighted by atomic mass is 16.5. The summed E-state index contributed by atoms with van der Waals surface area (Å²) in [5.41, 5.74) is 4.94. The molecule has 0 aliphatic carbocycles. The molecule has 1 aliphatic heterocycles. The van der Waals surface area contributed by atoms with Crippen LogP contribution in [0.15, 0.2) is 61.7 Å². The van der Waals surface area contributed by atoms with Gasteiger partial charge in [-0.05, 0) is 46.9 Å². The third-order valence-corrected chi connectivity index (χ3v) is 4.37. The van der Waals surface area contributed by atoms with E-state index in [-0.39, 0.29) is 5.41 Å². The maximum atomic E-state index is 6.09. The molecule has 0 radical (unpaired) electrons. The van der Waals surface area contributed by atoms with E-state index in [1.807, 2.05) is 30.3 Å². The molecular formula is C23H22N2O2. The van der Waals surface area contributed by atoms with Gasteiger partial charge in [0.05, 0.1) is 6.61 Å². The van der Waals surface area contributed by atoms with Crippen LogP contribution in [0.5, 0.6) is 17.2 Å². The summed E-state index contributed by atoms with van der Waals surface area (Å²) in [7, 11) is 0. The molecule has 4 heteroatoms. The van der Waals surface area contributed by atoms with Crippen molar-refractivity contribution in [2.24, 2.45) is 5.41 Å². The number of fused-ring (bicyclic) bond motifs is 2. The van der Waals surface area contributed by atoms with Crippen molar-refractivity contribution in [1.29, 1.82) is 0 Å². The summed E-state index contributed by atoms with van der Waals surface area (Å²) in [5, 5.41) is 0. The quantitative estimate of drug-likeness (QED) is 0.469. The molecule has 0 amide bonds. The zero-order chi connectivity index (χ0) is 19.0. The van der Waals surface area contributed by atoms with Gasteiger partial charge in [-0.25, -0.2) is 9.97 Å². The van der Waals surface area contributed by atoms with Crippen LogP contribution in [-0.2, 0) is 0 Å². The number of hydrogen-bond donors (Lipinski definition) is 0. The summed E-state index contributed by atoms with van der Waals surface area (Å²) in [5.74, 6) is 2.42. The summed E-state index contributed by atoms with van der Waals surface area (Å²) in [4.78, 5) is 8.20. The Hall–Kier alpha value is -3.14. The average molecular weight is 358 g/mol. The average Bonchev–Trinajstić information content (AvgIpc) is 2.67. The van der Waals surface area contributed by atoms with E-state index in [0.29, 0.717) is 6.61 Å². The van der Waals surface area contributed by atoms with Crippen LogP contribution in [0.2, 0.25) is 0 Å². The molecule has 4 rings (SSSR count). The number of aromatic nitrogens is 2. The summed E-state index contributed by atoms with van der Waals surface area (Å²) >= 11 is 0. The first-order chi connectivity index (χ1) is 12.9. The number of nitrogens with zero attached hydrogens (tertiary/aromatic N) is 2. The Labute approximate surface area is 159 Å². The molecule has 0 spiro atoms. The maximum absolute atomic E-state index is 6.09. The van der Waals surface area contributed by atoms with Crippen molar-refractivity contribution in [2.45, 2.75) is 20.8 Å². The van der Waals surface area contributed by atoms with E-state index in [4.69, 9.17) is 9.47 Å². The Balaban J connectivity index is 1.67. The van der Waals surface area contributed by atoms with Crippen molar-refractivity contribution < 1.29 is 9.47 Å². The highest BCUT2D eigenvalue weighted by Gasteiger charge is 2.22. The molecule has 1 aliphatic rings. The smallest absolute Gasteiger partial charge is 0.135 e. The first-order valence-corrected chi connectivity index (χ1v) is 8.94. The van der Waals surface area contributed by atoms with Crippen LogP contribution >= 0.6 is 0 Å². The van der Waals surface area contributed by atoms with Crippen molar-refractivity contribution in [3.8, 4) is 28.4 Å². The molecule has 0 saturated carbocycles. The van der Waals surface area contributed by atoms with Gasteiger partial charge in [0, 0.05) is 29.1 Å². The van der Waals surface area contributed by atoms with Crippen molar-refractivity contribution in [1.82, 2.24) is 9.97 Å². The fraction of sp³-hybridized carbons (Fsp3) is 0.217. The lowest BCUT2D eigenvalue weighted by Crippen LogP contribution is -2.17. The molecule has 0 bridgehead atoms. The Morgan fingerprint density at radius 3 is 2.30 bits per heavy atom. The van der Waals surface area contributed by atoms with Gasteiger partial charge < -0.3 is 9.47 Å². The van der Waals surface area contributed by atoms with E-state index in [0.717, 1.165) is 45.1 Å². The number of hydrogen-bond acceptors (Lipinski definition) is 4. The minimum absolute atomic E-state index is 0.0999. The molecule has 0 unspecified atom stereocenters. The van der Waals surface area contributed by atoms with Gasteiger partial charge in [0.1, 0.15) is 23.6 Å². The zero-order valence-corrected chi connectivity index (χ0v) is 15.8. The van der Waals surface area contributed by atoms with E-state index >= 15 is 0 Å². The molecule has 0 N–H and O–H groups in total. The van der Waals surface area contributed by atoms with Gasteiger partial charge in [-0.3, -0.25) is 0 Å². The Bertz CT molecular complexity index is 1000. The van der Waals surface area contributed by atoms with E-state index in [9.17, 15) is 0 Å². The van der Waals surface area contributed by atoms with Crippen molar-refractivity contribution in [3.63, 3.8) is 0 Å². The maximum Gasteiger partial charge on any atom is 0.135 e. The molecule has 27 heavy (non-hydrogen) atoms. The largest absolute Gasteiger partial charge is 0.493 e. The minimum atomic E-state index is 0.0999. The monoisotopic (exact) mass is 358 g/mol. The second kappa shape index (κ2) is 6.54. The van der Waals surface area contributed by atoms with Crippen LogP contribution in [0.25, 0.3) is 16.7 Å². The molecule has 3 aromatic rings. The van der Waals surface area contributed by atoms with Crippen molar-refractivity contribution in [3.05, 3.63) is 72.8 Å². The predicted molar refractivity (Wildman–Crippen MR) is 107 cm³/mol. The molecule has 0 fully saturated rings. The van der Waals surface area contributed by atoms with Gasteiger partial charge >= 0.3 is 0 Å². The molecule has 0 saturated heterocycles. The SMILES string of the molecule is C=C1c2cc(OCC(C)(C)C)ccc2Oc2ccc(-c3cncnc3)cc21. The number of rotatable bonds is 3. The van der Waals surface area contributed by atoms with E-state index in [2.05, 4.69) is 43.4 Å². The van der Waals surface area contributed by atoms with Gasteiger partial charge in [-0.1, -0.05) is 33.4 Å². The number of benzene rings is 2.